The normalized spacial score (nSPS) is 10.3. The quantitative estimate of drug-likeness (QED) is 0.712. The molecule has 2 aromatic heterocycles. The molecule has 0 unspecified atom stereocenters. The van der Waals surface area contributed by atoms with Crippen LogP contribution in [0.25, 0.3) is 0 Å². The lowest BCUT2D eigenvalue weighted by molar-refractivity contribution is 0.0946. The molecule has 0 fully saturated rings. The number of carbonyl (C=O) groups is 1. The van der Waals surface area contributed by atoms with Gasteiger partial charge in [0.1, 0.15) is 5.69 Å². The monoisotopic (exact) mass is 347 g/mol. The highest BCUT2D eigenvalue weighted by atomic mass is 16.1. The van der Waals surface area contributed by atoms with Crippen LogP contribution in [0.1, 0.15) is 28.5 Å². The van der Waals surface area contributed by atoms with Crippen molar-refractivity contribution in [3.63, 3.8) is 0 Å². The Morgan fingerprint density at radius 3 is 2.58 bits per heavy atom. The molecule has 0 radical (unpaired) electrons. The first-order valence-electron chi connectivity index (χ1n) is 8.55. The summed E-state index contributed by atoms with van der Waals surface area (Å²) in [5.74, 6) is 0.318. The van der Waals surface area contributed by atoms with Gasteiger partial charge >= 0.3 is 0 Å². The van der Waals surface area contributed by atoms with Gasteiger partial charge in [0.2, 0.25) is 5.95 Å². The van der Waals surface area contributed by atoms with Crippen LogP contribution in [0.2, 0.25) is 0 Å². The molecule has 1 amide bonds. The van der Waals surface area contributed by atoms with Crippen molar-refractivity contribution >= 4 is 11.9 Å². The molecule has 6 heteroatoms. The summed E-state index contributed by atoms with van der Waals surface area (Å²) in [4.78, 5) is 27.2. The molecular weight excluding hydrogens is 326 g/mol. The molecule has 2 heterocycles. The molecule has 3 aromatic rings. The Morgan fingerprint density at radius 1 is 1.04 bits per heavy atom. The largest absolute Gasteiger partial charge is 0.347 e. The molecular formula is C20H21N5O. The van der Waals surface area contributed by atoms with Crippen molar-refractivity contribution in [1.29, 1.82) is 0 Å². The Labute approximate surface area is 153 Å². The van der Waals surface area contributed by atoms with Crippen LogP contribution in [0.15, 0.2) is 67.1 Å². The smallest absolute Gasteiger partial charge is 0.270 e. The maximum absolute atomic E-state index is 12.4. The molecule has 132 valence electrons. The van der Waals surface area contributed by atoms with Gasteiger partial charge in [0.05, 0.1) is 0 Å². The lowest BCUT2D eigenvalue weighted by Crippen LogP contribution is -2.27. The van der Waals surface area contributed by atoms with Gasteiger partial charge in [0.25, 0.3) is 5.91 Å². The Balaban J connectivity index is 1.69. The van der Waals surface area contributed by atoms with E-state index < -0.39 is 0 Å². The summed E-state index contributed by atoms with van der Waals surface area (Å²) < 4.78 is 0. The predicted molar refractivity (Wildman–Crippen MR) is 101 cm³/mol. The Morgan fingerprint density at radius 2 is 1.85 bits per heavy atom. The first-order valence-corrected chi connectivity index (χ1v) is 8.55. The molecule has 0 saturated heterocycles. The summed E-state index contributed by atoms with van der Waals surface area (Å²) in [5, 5.41) is 2.86. The molecule has 3 rings (SSSR count). The fourth-order valence-electron chi connectivity index (χ4n) is 2.53. The zero-order valence-corrected chi connectivity index (χ0v) is 14.7. The second-order valence-corrected chi connectivity index (χ2v) is 5.79. The third-order valence-corrected chi connectivity index (χ3v) is 3.93. The molecule has 1 aromatic carbocycles. The van der Waals surface area contributed by atoms with E-state index in [0.717, 1.165) is 12.1 Å². The van der Waals surface area contributed by atoms with Crippen molar-refractivity contribution in [2.45, 2.75) is 20.0 Å². The molecule has 1 N–H and O–H groups in total. The summed E-state index contributed by atoms with van der Waals surface area (Å²) in [5.41, 5.74) is 2.46. The number of amides is 1. The van der Waals surface area contributed by atoms with E-state index >= 15 is 0 Å². The van der Waals surface area contributed by atoms with Crippen molar-refractivity contribution in [2.75, 3.05) is 11.4 Å². The molecule has 0 bridgehead atoms. The average molecular weight is 347 g/mol. The van der Waals surface area contributed by atoms with Crippen LogP contribution in [0.4, 0.5) is 5.95 Å². The van der Waals surface area contributed by atoms with Crippen LogP contribution in [0.3, 0.4) is 0 Å². The van der Waals surface area contributed by atoms with Crippen LogP contribution in [0, 0.1) is 0 Å². The van der Waals surface area contributed by atoms with Gasteiger partial charge in [-0.15, -0.1) is 0 Å². The Hall–Kier alpha value is -3.28. The number of rotatable bonds is 7. The van der Waals surface area contributed by atoms with E-state index in [1.165, 1.54) is 5.56 Å². The maximum Gasteiger partial charge on any atom is 0.270 e. The molecule has 0 atom stereocenters. The van der Waals surface area contributed by atoms with E-state index in [4.69, 9.17) is 0 Å². The molecule has 0 spiro atoms. The van der Waals surface area contributed by atoms with E-state index in [1.807, 2.05) is 42.2 Å². The Kier molecular flexibility index (Phi) is 5.88. The highest BCUT2D eigenvalue weighted by molar-refractivity contribution is 5.92. The van der Waals surface area contributed by atoms with E-state index in [2.05, 4.69) is 32.4 Å². The van der Waals surface area contributed by atoms with Gasteiger partial charge in [-0.05, 0) is 30.2 Å². The molecule has 6 nitrogen and oxygen atoms in total. The summed E-state index contributed by atoms with van der Waals surface area (Å²) in [6, 6.07) is 15.5. The summed E-state index contributed by atoms with van der Waals surface area (Å²) in [6.07, 6.45) is 5.05. The van der Waals surface area contributed by atoms with Crippen molar-refractivity contribution < 1.29 is 4.79 Å². The lowest BCUT2D eigenvalue weighted by atomic mass is 10.2. The van der Waals surface area contributed by atoms with Gasteiger partial charge in [0, 0.05) is 38.2 Å². The number of pyridine rings is 1. The van der Waals surface area contributed by atoms with Crippen molar-refractivity contribution in [3.05, 3.63) is 83.9 Å². The summed E-state index contributed by atoms with van der Waals surface area (Å²) in [6.45, 7) is 3.89. The number of benzene rings is 1. The van der Waals surface area contributed by atoms with Gasteiger partial charge in [-0.1, -0.05) is 36.4 Å². The number of hydrogen-bond donors (Lipinski definition) is 1. The molecule has 0 saturated carbocycles. The zero-order chi connectivity index (χ0) is 18.2. The third-order valence-electron chi connectivity index (χ3n) is 3.93. The molecule has 0 aliphatic carbocycles. The topological polar surface area (TPSA) is 71.0 Å². The van der Waals surface area contributed by atoms with Crippen LogP contribution in [-0.2, 0) is 13.1 Å². The van der Waals surface area contributed by atoms with Crippen LogP contribution >= 0.6 is 0 Å². The van der Waals surface area contributed by atoms with Crippen LogP contribution in [0.5, 0.6) is 0 Å². The highest BCUT2D eigenvalue weighted by Crippen LogP contribution is 2.12. The predicted octanol–water partition coefficient (Wildman–Crippen LogP) is 2.83. The van der Waals surface area contributed by atoms with E-state index in [9.17, 15) is 4.79 Å². The van der Waals surface area contributed by atoms with Gasteiger partial charge in [-0.25, -0.2) is 9.97 Å². The number of carbonyl (C=O) groups excluding carboxylic acids is 1. The lowest BCUT2D eigenvalue weighted by Gasteiger charge is -2.21. The SMILES string of the molecule is CCN(Cc1ccccc1)c1nccc(C(=O)NCc2cccnc2)n1. The van der Waals surface area contributed by atoms with E-state index in [1.54, 1.807) is 24.7 Å². The minimum atomic E-state index is -0.228. The number of nitrogens with one attached hydrogen (secondary N) is 1. The van der Waals surface area contributed by atoms with Gasteiger partial charge in [-0.2, -0.15) is 0 Å². The minimum absolute atomic E-state index is 0.228. The second-order valence-electron chi connectivity index (χ2n) is 5.79. The number of aromatic nitrogens is 3. The zero-order valence-electron chi connectivity index (χ0n) is 14.7. The van der Waals surface area contributed by atoms with Crippen LogP contribution < -0.4 is 10.2 Å². The van der Waals surface area contributed by atoms with E-state index in [-0.39, 0.29) is 5.91 Å². The van der Waals surface area contributed by atoms with Crippen LogP contribution in [-0.4, -0.2) is 27.4 Å². The first kappa shape index (κ1) is 17.5. The minimum Gasteiger partial charge on any atom is -0.347 e. The summed E-state index contributed by atoms with van der Waals surface area (Å²) in [7, 11) is 0. The number of anilines is 1. The Bertz CT molecular complexity index is 839. The van der Waals surface area contributed by atoms with Gasteiger partial charge in [-0.3, -0.25) is 9.78 Å². The molecule has 0 aliphatic heterocycles. The highest BCUT2D eigenvalue weighted by Gasteiger charge is 2.13. The maximum atomic E-state index is 12.4. The standard InChI is InChI=1S/C20H21N5O/c1-2-25(15-16-7-4-3-5-8-16)20-22-12-10-18(24-20)19(26)23-14-17-9-6-11-21-13-17/h3-13H,2,14-15H2,1H3,(H,23,26). The van der Waals surface area contributed by atoms with Crippen molar-refractivity contribution in [1.82, 2.24) is 20.3 Å². The van der Waals surface area contributed by atoms with Crippen molar-refractivity contribution in [3.8, 4) is 0 Å². The van der Waals surface area contributed by atoms with Gasteiger partial charge < -0.3 is 10.2 Å². The first-order chi connectivity index (χ1) is 12.8. The summed E-state index contributed by atoms with van der Waals surface area (Å²) >= 11 is 0. The number of hydrogen-bond acceptors (Lipinski definition) is 5. The molecule has 26 heavy (non-hydrogen) atoms. The third kappa shape index (κ3) is 4.63. The fourth-order valence-corrected chi connectivity index (χ4v) is 2.53. The molecule has 0 aliphatic rings. The fraction of sp³-hybridized carbons (Fsp3) is 0.200. The second kappa shape index (κ2) is 8.71. The van der Waals surface area contributed by atoms with E-state index in [0.29, 0.717) is 24.7 Å². The van der Waals surface area contributed by atoms with Gasteiger partial charge in [0.15, 0.2) is 0 Å². The van der Waals surface area contributed by atoms with Crippen molar-refractivity contribution in [2.24, 2.45) is 0 Å². The number of nitrogens with zero attached hydrogens (tertiary/aromatic N) is 4. The average Bonchev–Trinajstić information content (AvgIpc) is 2.72.